The molecule has 2 aliphatic carbocycles. The standard InChI is InChI=1S/C10H13N.C2H6/c1-2-7-4-8-5-9(8)6-10(7)11-3-1;1-2/h4,6,8-9,11H,1-3,5H2;1-2H3. The molecule has 3 rings (SSSR count). The van der Waals surface area contributed by atoms with Crippen molar-refractivity contribution in [3.63, 3.8) is 0 Å². The van der Waals surface area contributed by atoms with Crippen molar-refractivity contribution in [3.05, 3.63) is 23.4 Å². The Labute approximate surface area is 80.9 Å². The number of hydrogen-bond donors (Lipinski definition) is 1. The Balaban J connectivity index is 0.000000308. The van der Waals surface area contributed by atoms with Crippen LogP contribution in [0, 0.1) is 11.8 Å². The van der Waals surface area contributed by atoms with Crippen LogP contribution in [0.15, 0.2) is 23.4 Å². The quantitative estimate of drug-likeness (QED) is 0.600. The van der Waals surface area contributed by atoms with E-state index in [0.717, 1.165) is 11.8 Å². The Hall–Kier alpha value is -0.720. The maximum absolute atomic E-state index is 3.47. The molecule has 72 valence electrons. The molecule has 0 aromatic rings. The molecule has 1 saturated heterocycles. The number of hydrogen-bond acceptors (Lipinski definition) is 1. The molecule has 0 amide bonds. The van der Waals surface area contributed by atoms with E-state index in [1.807, 2.05) is 13.8 Å². The van der Waals surface area contributed by atoms with Gasteiger partial charge in [-0.1, -0.05) is 26.0 Å². The largest absolute Gasteiger partial charge is 0.385 e. The number of nitrogens with one attached hydrogen (secondary N) is 1. The summed E-state index contributed by atoms with van der Waals surface area (Å²) in [6.45, 7) is 5.18. The van der Waals surface area contributed by atoms with Crippen molar-refractivity contribution in [3.8, 4) is 0 Å². The Kier molecular flexibility index (Phi) is 2.43. The van der Waals surface area contributed by atoms with Crippen LogP contribution in [0.3, 0.4) is 0 Å². The minimum atomic E-state index is 0.902. The van der Waals surface area contributed by atoms with Crippen LogP contribution in [0.4, 0.5) is 0 Å². The second kappa shape index (κ2) is 3.57. The summed E-state index contributed by atoms with van der Waals surface area (Å²) < 4.78 is 0. The van der Waals surface area contributed by atoms with E-state index in [0.29, 0.717) is 0 Å². The van der Waals surface area contributed by atoms with Gasteiger partial charge in [-0.2, -0.15) is 0 Å². The molecular formula is C12H19N. The Morgan fingerprint density at radius 2 is 2.00 bits per heavy atom. The van der Waals surface area contributed by atoms with E-state index in [-0.39, 0.29) is 0 Å². The van der Waals surface area contributed by atoms with E-state index in [1.54, 1.807) is 5.57 Å². The topological polar surface area (TPSA) is 12.0 Å². The highest BCUT2D eigenvalue weighted by Gasteiger charge is 2.37. The highest BCUT2D eigenvalue weighted by atomic mass is 14.9. The first kappa shape index (κ1) is 8.86. The molecule has 0 aromatic carbocycles. The summed E-state index contributed by atoms with van der Waals surface area (Å²) in [4.78, 5) is 0. The van der Waals surface area contributed by atoms with Crippen LogP contribution in [0.25, 0.3) is 0 Å². The van der Waals surface area contributed by atoms with Gasteiger partial charge in [0.05, 0.1) is 0 Å². The zero-order valence-electron chi connectivity index (χ0n) is 8.64. The molecule has 13 heavy (non-hydrogen) atoms. The maximum Gasteiger partial charge on any atom is 0.0332 e. The average molecular weight is 177 g/mol. The molecule has 1 aliphatic heterocycles. The molecule has 1 saturated carbocycles. The SMILES string of the molecule is C1=C2CCCNC2=CC2CC12.CC. The highest BCUT2D eigenvalue weighted by Crippen LogP contribution is 2.47. The second-order valence-corrected chi connectivity index (χ2v) is 3.87. The van der Waals surface area contributed by atoms with Crippen molar-refractivity contribution in [2.45, 2.75) is 33.1 Å². The molecule has 3 aliphatic rings. The van der Waals surface area contributed by atoms with Crippen molar-refractivity contribution in [2.75, 3.05) is 6.54 Å². The first-order valence-electron chi connectivity index (χ1n) is 5.60. The predicted octanol–water partition coefficient (Wildman–Crippen LogP) is 2.86. The summed E-state index contributed by atoms with van der Waals surface area (Å²) in [6.07, 6.45) is 8.97. The first-order valence-corrected chi connectivity index (χ1v) is 5.60. The molecule has 2 unspecified atom stereocenters. The first-order chi connectivity index (χ1) is 6.43. The molecule has 0 aromatic heterocycles. The monoisotopic (exact) mass is 177 g/mol. The van der Waals surface area contributed by atoms with E-state index >= 15 is 0 Å². The van der Waals surface area contributed by atoms with Gasteiger partial charge in [0.15, 0.2) is 0 Å². The third-order valence-electron chi connectivity index (χ3n) is 2.97. The van der Waals surface area contributed by atoms with Crippen molar-refractivity contribution in [1.29, 1.82) is 0 Å². The molecule has 1 nitrogen and oxygen atoms in total. The molecule has 2 atom stereocenters. The van der Waals surface area contributed by atoms with E-state index in [2.05, 4.69) is 17.5 Å². The molecular weight excluding hydrogens is 158 g/mol. The summed E-state index contributed by atoms with van der Waals surface area (Å²) in [6, 6.07) is 0. The van der Waals surface area contributed by atoms with Crippen LogP contribution in [-0.2, 0) is 0 Å². The smallest absolute Gasteiger partial charge is 0.0332 e. The Morgan fingerprint density at radius 3 is 2.85 bits per heavy atom. The summed E-state index contributed by atoms with van der Waals surface area (Å²) in [5.74, 6) is 1.83. The average Bonchev–Trinajstić information content (AvgIpc) is 2.95. The molecule has 0 bridgehead atoms. The lowest BCUT2D eigenvalue weighted by Gasteiger charge is -2.22. The zero-order chi connectivity index (χ0) is 9.26. The Morgan fingerprint density at radius 1 is 1.23 bits per heavy atom. The van der Waals surface area contributed by atoms with E-state index in [1.165, 1.54) is 31.5 Å². The summed E-state index contributed by atoms with van der Waals surface area (Å²) in [7, 11) is 0. The van der Waals surface area contributed by atoms with Gasteiger partial charge in [0.25, 0.3) is 0 Å². The second-order valence-electron chi connectivity index (χ2n) is 3.87. The molecule has 1 heterocycles. The van der Waals surface area contributed by atoms with Crippen LogP contribution in [0.5, 0.6) is 0 Å². The van der Waals surface area contributed by atoms with Crippen molar-refractivity contribution in [2.24, 2.45) is 11.8 Å². The fourth-order valence-electron chi connectivity index (χ4n) is 2.18. The van der Waals surface area contributed by atoms with Gasteiger partial charge in [0.2, 0.25) is 0 Å². The number of rotatable bonds is 0. The van der Waals surface area contributed by atoms with Gasteiger partial charge in [-0.15, -0.1) is 0 Å². The maximum atomic E-state index is 3.47. The number of piperidine rings is 1. The van der Waals surface area contributed by atoms with E-state index < -0.39 is 0 Å². The highest BCUT2D eigenvalue weighted by molar-refractivity contribution is 5.39. The number of fused-ring (bicyclic) bond motifs is 2. The van der Waals surface area contributed by atoms with Crippen molar-refractivity contribution in [1.82, 2.24) is 5.32 Å². The summed E-state index contributed by atoms with van der Waals surface area (Å²) in [5, 5.41) is 3.47. The van der Waals surface area contributed by atoms with Crippen molar-refractivity contribution < 1.29 is 0 Å². The normalized spacial score (nSPS) is 33.7. The lowest BCUT2D eigenvalue weighted by molar-refractivity contribution is 0.651. The van der Waals surface area contributed by atoms with Gasteiger partial charge < -0.3 is 5.32 Å². The van der Waals surface area contributed by atoms with Gasteiger partial charge in [-0.05, 0) is 36.7 Å². The minimum Gasteiger partial charge on any atom is -0.385 e. The molecule has 0 radical (unpaired) electrons. The van der Waals surface area contributed by atoms with Crippen LogP contribution < -0.4 is 5.32 Å². The van der Waals surface area contributed by atoms with Crippen LogP contribution in [0.1, 0.15) is 33.1 Å². The van der Waals surface area contributed by atoms with Gasteiger partial charge in [-0.25, -0.2) is 0 Å². The fourth-order valence-corrected chi connectivity index (χ4v) is 2.18. The molecule has 1 N–H and O–H groups in total. The summed E-state index contributed by atoms with van der Waals surface area (Å²) >= 11 is 0. The molecule has 0 spiro atoms. The predicted molar refractivity (Wildman–Crippen MR) is 56.3 cm³/mol. The third kappa shape index (κ3) is 1.65. The van der Waals surface area contributed by atoms with Gasteiger partial charge in [0.1, 0.15) is 0 Å². The van der Waals surface area contributed by atoms with Gasteiger partial charge >= 0.3 is 0 Å². The van der Waals surface area contributed by atoms with Crippen LogP contribution >= 0.6 is 0 Å². The van der Waals surface area contributed by atoms with Gasteiger partial charge in [0, 0.05) is 12.2 Å². The lowest BCUT2D eigenvalue weighted by Crippen LogP contribution is -2.23. The molecule has 2 fully saturated rings. The molecule has 1 heteroatoms. The lowest BCUT2D eigenvalue weighted by atomic mass is 9.96. The van der Waals surface area contributed by atoms with E-state index in [9.17, 15) is 0 Å². The fraction of sp³-hybridized carbons (Fsp3) is 0.667. The van der Waals surface area contributed by atoms with Crippen LogP contribution in [0.2, 0.25) is 0 Å². The third-order valence-corrected chi connectivity index (χ3v) is 2.97. The van der Waals surface area contributed by atoms with Crippen LogP contribution in [-0.4, -0.2) is 6.54 Å². The van der Waals surface area contributed by atoms with E-state index in [4.69, 9.17) is 0 Å². The number of allylic oxidation sites excluding steroid dienone is 3. The minimum absolute atomic E-state index is 0.902. The Bertz CT molecular complexity index is 224. The zero-order valence-corrected chi connectivity index (χ0v) is 8.64. The summed E-state index contributed by atoms with van der Waals surface area (Å²) in [5.41, 5.74) is 3.05. The van der Waals surface area contributed by atoms with Gasteiger partial charge in [-0.3, -0.25) is 0 Å². The van der Waals surface area contributed by atoms with Crippen molar-refractivity contribution >= 4 is 0 Å².